The lowest BCUT2D eigenvalue weighted by Crippen LogP contribution is -2.31. The van der Waals surface area contributed by atoms with Gasteiger partial charge in [-0.25, -0.2) is 13.4 Å². The lowest BCUT2D eigenvalue weighted by molar-refractivity contribution is 0.444. The first kappa shape index (κ1) is 20.7. The summed E-state index contributed by atoms with van der Waals surface area (Å²) in [5.74, 6) is 0. The number of hydrogen-bond acceptors (Lipinski definition) is 5. The Morgan fingerprint density at radius 1 is 1.04 bits per heavy atom. The second kappa shape index (κ2) is 8.14. The molecule has 0 spiro atoms. The lowest BCUT2D eigenvalue weighted by Gasteiger charge is -2.18. The maximum Gasteiger partial charge on any atom is 0.246 e. The molecule has 0 radical (unpaired) electrons. The molecule has 6 nitrogen and oxygen atoms in total. The van der Waals surface area contributed by atoms with Crippen molar-refractivity contribution in [3.63, 3.8) is 0 Å². The van der Waals surface area contributed by atoms with Gasteiger partial charge in [0.05, 0.1) is 23.6 Å². The molecule has 0 unspecified atom stereocenters. The fourth-order valence-corrected chi connectivity index (χ4v) is 6.20. The molecule has 0 saturated heterocycles. The highest BCUT2D eigenvalue weighted by Crippen LogP contribution is 2.30. The third-order valence-electron chi connectivity index (χ3n) is 4.83. The number of rotatable bonds is 7. The molecule has 8 heteroatoms. The van der Waals surface area contributed by atoms with Gasteiger partial charge in [-0.05, 0) is 20.8 Å². The van der Waals surface area contributed by atoms with Gasteiger partial charge >= 0.3 is 0 Å². The summed E-state index contributed by atoms with van der Waals surface area (Å²) in [5, 5.41) is 5.50. The summed E-state index contributed by atoms with van der Waals surface area (Å²) in [4.78, 5) is 6.09. The Bertz CT molecular complexity index is 1070. The zero-order valence-electron chi connectivity index (χ0n) is 16.9. The number of nitrogens with zero attached hydrogens (tertiary/aromatic N) is 4. The number of thiazole rings is 1. The fraction of sp³-hybridized carbons (Fsp3) is 0.400. The van der Waals surface area contributed by atoms with Crippen molar-refractivity contribution in [1.29, 1.82) is 0 Å². The molecule has 150 valence electrons. The van der Waals surface area contributed by atoms with Crippen LogP contribution >= 0.6 is 11.3 Å². The first-order valence-electron chi connectivity index (χ1n) is 9.35. The van der Waals surface area contributed by atoms with Crippen LogP contribution in [0.15, 0.2) is 35.2 Å². The first-order valence-corrected chi connectivity index (χ1v) is 11.6. The molecule has 0 N–H and O–H groups in total. The number of aryl methyl sites for hydroxylation is 2. The van der Waals surface area contributed by atoms with Gasteiger partial charge in [0.2, 0.25) is 10.0 Å². The van der Waals surface area contributed by atoms with Crippen LogP contribution in [-0.2, 0) is 16.6 Å². The Morgan fingerprint density at radius 2 is 1.68 bits per heavy atom. The zero-order valence-corrected chi connectivity index (χ0v) is 18.6. The van der Waals surface area contributed by atoms with Crippen molar-refractivity contribution in [1.82, 2.24) is 19.1 Å². The van der Waals surface area contributed by atoms with Crippen molar-refractivity contribution in [3.05, 3.63) is 52.3 Å². The minimum atomic E-state index is -3.54. The number of aromatic nitrogens is 3. The van der Waals surface area contributed by atoms with E-state index in [4.69, 9.17) is 4.98 Å². The third kappa shape index (κ3) is 3.76. The monoisotopic (exact) mass is 418 g/mol. The highest BCUT2D eigenvalue weighted by atomic mass is 32.2. The number of sulfonamides is 1. The molecule has 0 aliphatic carbocycles. The van der Waals surface area contributed by atoms with Gasteiger partial charge in [-0.2, -0.15) is 9.40 Å². The topological polar surface area (TPSA) is 68.1 Å². The highest BCUT2D eigenvalue weighted by molar-refractivity contribution is 7.89. The number of benzene rings is 1. The van der Waals surface area contributed by atoms with Crippen LogP contribution < -0.4 is 0 Å². The van der Waals surface area contributed by atoms with Gasteiger partial charge in [0.1, 0.15) is 9.90 Å². The summed E-state index contributed by atoms with van der Waals surface area (Å²) in [5.41, 5.74) is 3.23. The molecule has 0 amide bonds. The molecule has 3 rings (SSSR count). The molecule has 0 aliphatic rings. The molecule has 2 aromatic heterocycles. The van der Waals surface area contributed by atoms with Gasteiger partial charge in [-0.1, -0.05) is 44.2 Å². The van der Waals surface area contributed by atoms with E-state index in [2.05, 4.69) is 5.10 Å². The van der Waals surface area contributed by atoms with E-state index in [1.807, 2.05) is 58.0 Å². The van der Waals surface area contributed by atoms with E-state index < -0.39 is 10.0 Å². The number of hydrogen-bond donors (Lipinski definition) is 0. The van der Waals surface area contributed by atoms with Crippen LogP contribution in [0.3, 0.4) is 0 Å². The van der Waals surface area contributed by atoms with Crippen molar-refractivity contribution in [2.45, 2.75) is 46.1 Å². The molecule has 1 aromatic carbocycles. The van der Waals surface area contributed by atoms with E-state index >= 15 is 0 Å². The highest BCUT2D eigenvalue weighted by Gasteiger charge is 2.29. The Hall–Kier alpha value is -2.03. The van der Waals surface area contributed by atoms with Crippen LogP contribution in [0.25, 0.3) is 10.6 Å². The standard InChI is InChI=1S/C20H26N4O2S2/c1-6-23(7-2)28(25,26)19-15(4)22-24(16(19)5)13-18-14(3)21-20(27-18)17-11-9-8-10-12-17/h8-12H,6-7,13H2,1-5H3. The normalized spacial score (nSPS) is 12.1. The summed E-state index contributed by atoms with van der Waals surface area (Å²) < 4.78 is 29.3. The summed E-state index contributed by atoms with van der Waals surface area (Å²) in [6.45, 7) is 10.7. The van der Waals surface area contributed by atoms with Crippen LogP contribution in [0.4, 0.5) is 0 Å². The van der Waals surface area contributed by atoms with Crippen LogP contribution in [0.5, 0.6) is 0 Å². The predicted molar refractivity (Wildman–Crippen MR) is 113 cm³/mol. The molecule has 2 heterocycles. The van der Waals surface area contributed by atoms with Gasteiger partial charge in [-0.15, -0.1) is 11.3 Å². The average molecular weight is 419 g/mol. The van der Waals surface area contributed by atoms with Gasteiger partial charge in [-0.3, -0.25) is 4.68 Å². The smallest absolute Gasteiger partial charge is 0.246 e. The molecule has 0 fully saturated rings. The summed E-state index contributed by atoms with van der Waals surface area (Å²) in [6, 6.07) is 10.1. The van der Waals surface area contributed by atoms with Crippen molar-refractivity contribution < 1.29 is 8.42 Å². The minimum Gasteiger partial charge on any atom is -0.263 e. The van der Waals surface area contributed by atoms with E-state index in [0.29, 0.717) is 35.9 Å². The van der Waals surface area contributed by atoms with Gasteiger partial charge in [0.25, 0.3) is 0 Å². The molecule has 0 bridgehead atoms. The summed E-state index contributed by atoms with van der Waals surface area (Å²) >= 11 is 1.62. The van der Waals surface area contributed by atoms with Gasteiger partial charge in [0.15, 0.2) is 0 Å². The van der Waals surface area contributed by atoms with E-state index in [1.165, 1.54) is 4.31 Å². The molecule has 3 aromatic rings. The average Bonchev–Trinajstić information content (AvgIpc) is 3.16. The van der Waals surface area contributed by atoms with E-state index in [0.717, 1.165) is 21.1 Å². The maximum absolute atomic E-state index is 13.0. The van der Waals surface area contributed by atoms with Crippen LogP contribution in [0.2, 0.25) is 0 Å². The van der Waals surface area contributed by atoms with Gasteiger partial charge in [0, 0.05) is 23.5 Å². The first-order chi connectivity index (χ1) is 13.3. The maximum atomic E-state index is 13.0. The van der Waals surface area contributed by atoms with Crippen LogP contribution in [0.1, 0.15) is 35.8 Å². The SMILES string of the molecule is CCN(CC)S(=O)(=O)c1c(C)nn(Cc2sc(-c3ccccc3)nc2C)c1C. The van der Waals surface area contributed by atoms with Crippen molar-refractivity contribution in [2.75, 3.05) is 13.1 Å². The zero-order chi connectivity index (χ0) is 20.5. The summed E-state index contributed by atoms with van der Waals surface area (Å²) in [6.07, 6.45) is 0. The Labute approximate surface area is 170 Å². The fourth-order valence-electron chi connectivity index (χ4n) is 3.32. The minimum absolute atomic E-state index is 0.321. The van der Waals surface area contributed by atoms with E-state index in [-0.39, 0.29) is 0 Å². The lowest BCUT2D eigenvalue weighted by atomic mass is 10.2. The summed E-state index contributed by atoms with van der Waals surface area (Å²) in [7, 11) is -3.54. The van der Waals surface area contributed by atoms with Crippen LogP contribution in [-0.4, -0.2) is 40.6 Å². The predicted octanol–water partition coefficient (Wildman–Crippen LogP) is 4.01. The van der Waals surface area contributed by atoms with Crippen LogP contribution in [0, 0.1) is 20.8 Å². The molecule has 0 atom stereocenters. The Balaban J connectivity index is 1.96. The Morgan fingerprint density at radius 3 is 2.29 bits per heavy atom. The Kier molecular flexibility index (Phi) is 6.02. The molecule has 28 heavy (non-hydrogen) atoms. The third-order valence-corrected chi connectivity index (χ3v) is 8.32. The second-order valence-electron chi connectivity index (χ2n) is 6.64. The molecular weight excluding hydrogens is 392 g/mol. The van der Waals surface area contributed by atoms with Crippen molar-refractivity contribution >= 4 is 21.4 Å². The van der Waals surface area contributed by atoms with Gasteiger partial charge < -0.3 is 0 Å². The second-order valence-corrected chi connectivity index (χ2v) is 9.60. The quantitative estimate of drug-likeness (QED) is 0.581. The van der Waals surface area contributed by atoms with Crippen molar-refractivity contribution in [3.8, 4) is 10.6 Å². The van der Waals surface area contributed by atoms with Crippen molar-refractivity contribution in [2.24, 2.45) is 0 Å². The van der Waals surface area contributed by atoms with E-state index in [1.54, 1.807) is 22.9 Å². The molecule has 0 aliphatic heterocycles. The van der Waals surface area contributed by atoms with E-state index in [9.17, 15) is 8.42 Å². The molecular formula is C20H26N4O2S2. The largest absolute Gasteiger partial charge is 0.263 e. The molecule has 0 saturated carbocycles.